The molecular weight excluding hydrogens is 471 g/mol. The maximum absolute atomic E-state index is 11.7. The van der Waals surface area contributed by atoms with Crippen LogP contribution in [-0.4, -0.2) is 57.7 Å². The Morgan fingerprint density at radius 3 is 2.57 bits per heavy atom. The fourth-order valence-electron chi connectivity index (χ4n) is 3.08. The second kappa shape index (κ2) is 12.7. The van der Waals surface area contributed by atoms with Crippen molar-refractivity contribution in [3.63, 3.8) is 0 Å². The average molecular weight is 504 g/mol. The van der Waals surface area contributed by atoms with Gasteiger partial charge in [0.05, 0.1) is 13.2 Å². The summed E-state index contributed by atoms with van der Waals surface area (Å²) in [7, 11) is 6.88. The van der Waals surface area contributed by atoms with Gasteiger partial charge in [0, 0.05) is 46.2 Å². The van der Waals surface area contributed by atoms with Crippen molar-refractivity contribution < 1.29 is 14.3 Å². The minimum atomic E-state index is 0. The lowest BCUT2D eigenvalue weighted by Gasteiger charge is -2.20. The maximum atomic E-state index is 11.7. The van der Waals surface area contributed by atoms with E-state index in [-0.39, 0.29) is 36.0 Å². The van der Waals surface area contributed by atoms with Crippen molar-refractivity contribution in [2.24, 2.45) is 4.99 Å². The van der Waals surface area contributed by atoms with Crippen LogP contribution in [0.1, 0.15) is 37.7 Å². The number of guanidine groups is 1. The largest absolute Gasteiger partial charge is 0.493 e. The molecule has 0 aliphatic heterocycles. The number of methoxy groups -OCH3 is 1. The summed E-state index contributed by atoms with van der Waals surface area (Å²) < 4.78 is 11.8. The molecule has 7 nitrogen and oxygen atoms in total. The van der Waals surface area contributed by atoms with E-state index in [1.807, 2.05) is 18.2 Å². The number of rotatable bonds is 8. The summed E-state index contributed by atoms with van der Waals surface area (Å²) in [5.41, 5.74) is 1.02. The van der Waals surface area contributed by atoms with Crippen LogP contribution in [0.3, 0.4) is 0 Å². The Labute approximate surface area is 185 Å². The molecule has 2 N–H and O–H groups in total. The van der Waals surface area contributed by atoms with Crippen LogP contribution in [0.5, 0.6) is 11.5 Å². The zero-order valence-corrected chi connectivity index (χ0v) is 19.6. The SMILES string of the molecule is CN=C(NCCC(=O)N(C)C)NCc1cccc(OC)c1OC1CCCC1.I. The molecule has 0 unspecified atom stereocenters. The third kappa shape index (κ3) is 7.37. The smallest absolute Gasteiger partial charge is 0.223 e. The number of hydrogen-bond acceptors (Lipinski definition) is 4. The minimum absolute atomic E-state index is 0. The van der Waals surface area contributed by atoms with Crippen molar-refractivity contribution in [3.05, 3.63) is 23.8 Å². The second-order valence-electron chi connectivity index (χ2n) is 6.86. The molecule has 1 aliphatic rings. The third-order valence-corrected chi connectivity index (χ3v) is 4.67. The molecule has 1 amide bonds. The number of nitrogens with one attached hydrogen (secondary N) is 2. The number of halogens is 1. The number of benzene rings is 1. The van der Waals surface area contributed by atoms with E-state index in [2.05, 4.69) is 15.6 Å². The summed E-state index contributed by atoms with van der Waals surface area (Å²) in [6.07, 6.45) is 5.30. The lowest BCUT2D eigenvalue weighted by molar-refractivity contribution is -0.128. The number of hydrogen-bond donors (Lipinski definition) is 2. The first kappa shape index (κ1) is 24.3. The number of para-hydroxylation sites is 1. The number of aliphatic imine (C=N–C) groups is 1. The molecule has 1 aromatic carbocycles. The molecule has 8 heteroatoms. The van der Waals surface area contributed by atoms with E-state index in [4.69, 9.17) is 9.47 Å². The summed E-state index contributed by atoms with van der Waals surface area (Å²) in [5, 5.41) is 6.45. The summed E-state index contributed by atoms with van der Waals surface area (Å²) in [4.78, 5) is 17.5. The van der Waals surface area contributed by atoms with Crippen LogP contribution in [0.25, 0.3) is 0 Å². The van der Waals surface area contributed by atoms with Crippen LogP contribution >= 0.6 is 24.0 Å². The van der Waals surface area contributed by atoms with Crippen LogP contribution in [0.2, 0.25) is 0 Å². The van der Waals surface area contributed by atoms with Crippen molar-refractivity contribution in [1.29, 1.82) is 0 Å². The fourth-order valence-corrected chi connectivity index (χ4v) is 3.08. The Balaban J connectivity index is 0.00000392. The van der Waals surface area contributed by atoms with Crippen molar-refractivity contribution in [1.82, 2.24) is 15.5 Å². The molecule has 1 aromatic rings. The molecule has 28 heavy (non-hydrogen) atoms. The predicted octanol–water partition coefficient (Wildman–Crippen LogP) is 2.78. The van der Waals surface area contributed by atoms with Gasteiger partial charge in [-0.15, -0.1) is 24.0 Å². The lowest BCUT2D eigenvalue weighted by atomic mass is 10.1. The number of ether oxygens (including phenoxy) is 2. The van der Waals surface area contributed by atoms with Crippen molar-refractivity contribution in [2.75, 3.05) is 34.8 Å². The van der Waals surface area contributed by atoms with Gasteiger partial charge in [0.2, 0.25) is 5.91 Å². The number of carbonyl (C=O) groups is 1. The van der Waals surface area contributed by atoms with Crippen molar-refractivity contribution in [2.45, 2.75) is 44.8 Å². The molecule has 1 aliphatic carbocycles. The van der Waals surface area contributed by atoms with Crippen LogP contribution < -0.4 is 20.1 Å². The van der Waals surface area contributed by atoms with Crippen molar-refractivity contribution in [3.8, 4) is 11.5 Å². The van der Waals surface area contributed by atoms with Crippen molar-refractivity contribution >= 4 is 35.8 Å². The summed E-state index contributed by atoms with van der Waals surface area (Å²) in [6, 6.07) is 5.92. The van der Waals surface area contributed by atoms with Gasteiger partial charge >= 0.3 is 0 Å². The molecule has 1 fully saturated rings. The summed E-state index contributed by atoms with van der Waals surface area (Å²) in [6.45, 7) is 1.08. The Morgan fingerprint density at radius 2 is 1.96 bits per heavy atom. The highest BCUT2D eigenvalue weighted by atomic mass is 127. The van der Waals surface area contributed by atoms with Gasteiger partial charge in [-0.05, 0) is 31.7 Å². The Morgan fingerprint density at radius 1 is 1.25 bits per heavy atom. The fraction of sp³-hybridized carbons (Fsp3) is 0.600. The lowest BCUT2D eigenvalue weighted by Crippen LogP contribution is -2.38. The zero-order chi connectivity index (χ0) is 19.6. The van der Waals surface area contributed by atoms with Crippen LogP contribution in [0, 0.1) is 0 Å². The molecule has 0 spiro atoms. The minimum Gasteiger partial charge on any atom is -0.493 e. The molecule has 1 saturated carbocycles. The monoisotopic (exact) mass is 504 g/mol. The van der Waals surface area contributed by atoms with Gasteiger partial charge in [0.15, 0.2) is 17.5 Å². The first-order valence-corrected chi connectivity index (χ1v) is 9.52. The molecule has 0 saturated heterocycles. The van der Waals surface area contributed by atoms with E-state index in [1.165, 1.54) is 12.8 Å². The molecule has 0 atom stereocenters. The van der Waals surface area contributed by atoms with E-state index in [0.29, 0.717) is 25.5 Å². The van der Waals surface area contributed by atoms with Gasteiger partial charge in [-0.1, -0.05) is 12.1 Å². The quantitative estimate of drug-likeness (QED) is 0.324. The highest BCUT2D eigenvalue weighted by Crippen LogP contribution is 2.34. The van der Waals surface area contributed by atoms with Crippen LogP contribution in [-0.2, 0) is 11.3 Å². The third-order valence-electron chi connectivity index (χ3n) is 4.67. The first-order valence-electron chi connectivity index (χ1n) is 9.52. The van der Waals surface area contributed by atoms with Crippen LogP contribution in [0.15, 0.2) is 23.2 Å². The zero-order valence-electron chi connectivity index (χ0n) is 17.3. The average Bonchev–Trinajstić information content (AvgIpc) is 3.18. The number of nitrogens with zero attached hydrogens (tertiary/aromatic N) is 2. The topological polar surface area (TPSA) is 75.2 Å². The van der Waals surface area contributed by atoms with Gasteiger partial charge in [-0.2, -0.15) is 0 Å². The van der Waals surface area contributed by atoms with E-state index in [1.54, 1.807) is 33.2 Å². The number of amides is 1. The van der Waals surface area contributed by atoms with Gasteiger partial charge in [-0.3, -0.25) is 9.79 Å². The normalized spacial score (nSPS) is 14.2. The van der Waals surface area contributed by atoms with E-state index >= 15 is 0 Å². The Kier molecular flexibility index (Phi) is 11.0. The van der Waals surface area contributed by atoms with E-state index in [9.17, 15) is 4.79 Å². The van der Waals surface area contributed by atoms with Crippen LogP contribution in [0.4, 0.5) is 0 Å². The second-order valence-corrected chi connectivity index (χ2v) is 6.86. The highest BCUT2D eigenvalue weighted by Gasteiger charge is 2.20. The molecule has 0 bridgehead atoms. The molecule has 0 radical (unpaired) electrons. The first-order chi connectivity index (χ1) is 13.0. The van der Waals surface area contributed by atoms with E-state index < -0.39 is 0 Å². The molecule has 0 aromatic heterocycles. The van der Waals surface area contributed by atoms with Gasteiger partial charge in [-0.25, -0.2) is 0 Å². The summed E-state index contributed by atoms with van der Waals surface area (Å²) >= 11 is 0. The highest BCUT2D eigenvalue weighted by molar-refractivity contribution is 14.0. The van der Waals surface area contributed by atoms with Gasteiger partial charge in [0.1, 0.15) is 0 Å². The van der Waals surface area contributed by atoms with E-state index in [0.717, 1.165) is 29.9 Å². The van der Waals surface area contributed by atoms with Gasteiger partial charge < -0.3 is 25.0 Å². The maximum Gasteiger partial charge on any atom is 0.223 e. The number of carbonyl (C=O) groups excluding carboxylic acids is 1. The molecule has 2 rings (SSSR count). The Bertz CT molecular complexity index is 646. The molecular formula is C20H33IN4O3. The molecule has 0 heterocycles. The Hall–Kier alpha value is -1.71. The molecule has 158 valence electrons. The predicted molar refractivity (Wildman–Crippen MR) is 123 cm³/mol. The summed E-state index contributed by atoms with van der Waals surface area (Å²) in [5.74, 6) is 2.28. The van der Waals surface area contributed by atoms with Gasteiger partial charge in [0.25, 0.3) is 0 Å². The standard InChI is InChI=1S/C20H32N4O3.HI/c1-21-20(22-13-12-18(25)24(2)3)23-14-15-8-7-11-17(26-4)19(15)27-16-9-5-6-10-16;/h7-8,11,16H,5-6,9-10,12-14H2,1-4H3,(H2,21,22,23);1H.